The zero-order chi connectivity index (χ0) is 22.1. The number of carbonyl (C=O) groups excluding carboxylic acids is 1. The van der Waals surface area contributed by atoms with Crippen LogP contribution in [0.5, 0.6) is 0 Å². The van der Waals surface area contributed by atoms with Crippen molar-refractivity contribution < 1.29 is 4.79 Å². The summed E-state index contributed by atoms with van der Waals surface area (Å²) < 4.78 is 2.08. The number of fused-ring (bicyclic) bond motifs is 3. The Morgan fingerprint density at radius 2 is 1.91 bits per heavy atom. The third-order valence-electron chi connectivity index (χ3n) is 6.84. The zero-order valence-electron chi connectivity index (χ0n) is 18.9. The number of hydrogen-bond donors (Lipinski definition) is 3. The van der Waals surface area contributed by atoms with Crippen molar-refractivity contribution in [1.82, 2.24) is 20.2 Å². The molecule has 2 atom stereocenters. The van der Waals surface area contributed by atoms with Gasteiger partial charge in [-0.1, -0.05) is 12.1 Å². The number of rotatable bonds is 7. The third-order valence-corrected chi connectivity index (χ3v) is 6.84. The maximum atomic E-state index is 12.9. The number of hydrogen-bond acceptors (Lipinski definition) is 5. The molecule has 2 aliphatic rings. The molecule has 1 amide bonds. The Hall–Kier alpha value is -3.06. The van der Waals surface area contributed by atoms with Crippen molar-refractivity contribution in [3.63, 3.8) is 0 Å². The van der Waals surface area contributed by atoms with Gasteiger partial charge in [-0.2, -0.15) is 0 Å². The number of aromatic nitrogens is 2. The van der Waals surface area contributed by atoms with Crippen LogP contribution in [0.2, 0.25) is 0 Å². The van der Waals surface area contributed by atoms with Crippen molar-refractivity contribution in [2.45, 2.75) is 44.8 Å². The fourth-order valence-electron chi connectivity index (χ4n) is 5.13. The first-order chi connectivity index (χ1) is 15.7. The molecule has 1 aromatic carbocycles. The molecule has 2 fully saturated rings. The molecule has 3 aromatic rings. The summed E-state index contributed by atoms with van der Waals surface area (Å²) in [5, 5.41) is 10.9. The Morgan fingerprint density at radius 3 is 2.59 bits per heavy atom. The predicted octanol–water partition coefficient (Wildman–Crippen LogP) is 3.01. The van der Waals surface area contributed by atoms with Gasteiger partial charge < -0.3 is 25.4 Å². The van der Waals surface area contributed by atoms with E-state index in [4.69, 9.17) is 0 Å². The lowest BCUT2D eigenvalue weighted by molar-refractivity contribution is 0.0954. The van der Waals surface area contributed by atoms with Crippen LogP contribution < -0.4 is 20.9 Å². The molecular formula is C25H32N6O. The van der Waals surface area contributed by atoms with Gasteiger partial charge in [0.15, 0.2) is 0 Å². The Labute approximate surface area is 189 Å². The Balaban J connectivity index is 1.20. The van der Waals surface area contributed by atoms with Gasteiger partial charge in [-0.05, 0) is 49.9 Å². The lowest BCUT2D eigenvalue weighted by atomic mass is 10.1. The highest BCUT2D eigenvalue weighted by Crippen LogP contribution is 2.27. The molecule has 2 bridgehead atoms. The molecular weight excluding hydrogens is 400 g/mol. The fourth-order valence-corrected chi connectivity index (χ4v) is 5.13. The van der Waals surface area contributed by atoms with Crippen molar-refractivity contribution >= 4 is 28.3 Å². The summed E-state index contributed by atoms with van der Waals surface area (Å²) in [6, 6.07) is 12.1. The Bertz CT molecular complexity index is 1090. The lowest BCUT2D eigenvalue weighted by Crippen LogP contribution is -2.51. The molecule has 2 aromatic heterocycles. The fraction of sp³-hybridized carbons (Fsp3) is 0.440. The average Bonchev–Trinajstić information content (AvgIpc) is 3.40. The SMILES string of the molecule is CCn1ccc2c(NC)c(C(=O)NCCc3ccc(N4CC5CCC(C4)N5)cc3)cnc21. The molecule has 7 heteroatoms. The van der Waals surface area contributed by atoms with E-state index in [0.29, 0.717) is 24.2 Å². The molecule has 168 valence electrons. The van der Waals surface area contributed by atoms with E-state index in [2.05, 4.69) is 61.6 Å². The van der Waals surface area contributed by atoms with Gasteiger partial charge in [0.25, 0.3) is 5.91 Å². The zero-order valence-corrected chi connectivity index (χ0v) is 18.9. The largest absolute Gasteiger partial charge is 0.387 e. The van der Waals surface area contributed by atoms with Gasteiger partial charge in [-0.25, -0.2) is 4.98 Å². The minimum atomic E-state index is -0.0964. The summed E-state index contributed by atoms with van der Waals surface area (Å²) in [5.41, 5.74) is 4.83. The number of anilines is 2. The quantitative estimate of drug-likeness (QED) is 0.535. The molecule has 0 saturated carbocycles. The van der Waals surface area contributed by atoms with Crippen molar-refractivity contribution in [2.24, 2.45) is 0 Å². The molecule has 0 aliphatic carbocycles. The van der Waals surface area contributed by atoms with Gasteiger partial charge in [-0.3, -0.25) is 4.79 Å². The van der Waals surface area contributed by atoms with E-state index in [9.17, 15) is 4.79 Å². The van der Waals surface area contributed by atoms with Crippen molar-refractivity contribution in [1.29, 1.82) is 0 Å². The normalized spacial score (nSPS) is 20.0. The number of pyridine rings is 1. The molecule has 0 spiro atoms. The predicted molar refractivity (Wildman–Crippen MR) is 130 cm³/mol. The van der Waals surface area contributed by atoms with Gasteiger partial charge in [0, 0.05) is 68.8 Å². The molecule has 2 aliphatic heterocycles. The van der Waals surface area contributed by atoms with Crippen molar-refractivity contribution in [3.8, 4) is 0 Å². The van der Waals surface area contributed by atoms with E-state index in [1.165, 1.54) is 24.1 Å². The highest BCUT2D eigenvalue weighted by molar-refractivity contribution is 6.06. The first kappa shape index (κ1) is 20.8. The van der Waals surface area contributed by atoms with Gasteiger partial charge in [0.05, 0.1) is 11.3 Å². The smallest absolute Gasteiger partial charge is 0.254 e. The summed E-state index contributed by atoms with van der Waals surface area (Å²) in [6.07, 6.45) is 7.07. The number of aryl methyl sites for hydroxylation is 1. The molecule has 2 saturated heterocycles. The van der Waals surface area contributed by atoms with E-state index >= 15 is 0 Å². The van der Waals surface area contributed by atoms with E-state index < -0.39 is 0 Å². The van der Waals surface area contributed by atoms with Gasteiger partial charge in [0.2, 0.25) is 0 Å². The van der Waals surface area contributed by atoms with Crippen LogP contribution in [-0.2, 0) is 13.0 Å². The summed E-state index contributed by atoms with van der Waals surface area (Å²) in [7, 11) is 1.85. The van der Waals surface area contributed by atoms with E-state index in [-0.39, 0.29) is 5.91 Å². The van der Waals surface area contributed by atoms with Crippen LogP contribution in [0.25, 0.3) is 11.0 Å². The maximum absolute atomic E-state index is 12.9. The standard InChI is InChI=1S/C25H32N6O/c1-3-30-13-11-21-23(26-2)22(14-28-24(21)30)25(32)27-12-10-17-4-8-20(9-5-17)31-15-18-6-7-19(16-31)29-18/h4-5,8-9,11,13-14,18-19,29H,3,6-7,10,12,15-16H2,1-2H3,(H,26,28)(H,27,32). The average molecular weight is 433 g/mol. The molecule has 2 unspecified atom stereocenters. The highest BCUT2D eigenvalue weighted by atomic mass is 16.1. The number of carbonyl (C=O) groups is 1. The van der Waals surface area contributed by atoms with Crippen LogP contribution in [0.15, 0.2) is 42.7 Å². The first-order valence-corrected chi connectivity index (χ1v) is 11.7. The van der Waals surface area contributed by atoms with Crippen LogP contribution in [-0.4, -0.2) is 54.2 Å². The number of amides is 1. The molecule has 7 nitrogen and oxygen atoms in total. The Morgan fingerprint density at radius 1 is 1.16 bits per heavy atom. The van der Waals surface area contributed by atoms with Crippen LogP contribution in [0, 0.1) is 0 Å². The van der Waals surface area contributed by atoms with Gasteiger partial charge in [0.1, 0.15) is 5.65 Å². The second kappa shape index (κ2) is 8.82. The van der Waals surface area contributed by atoms with Crippen molar-refractivity contribution in [2.75, 3.05) is 36.9 Å². The summed E-state index contributed by atoms with van der Waals surface area (Å²) in [6.45, 7) is 5.72. The maximum Gasteiger partial charge on any atom is 0.254 e. The van der Waals surface area contributed by atoms with Crippen LogP contribution >= 0.6 is 0 Å². The summed E-state index contributed by atoms with van der Waals surface area (Å²) >= 11 is 0. The number of benzene rings is 1. The van der Waals surface area contributed by atoms with E-state index in [0.717, 1.165) is 42.8 Å². The lowest BCUT2D eigenvalue weighted by Gasteiger charge is -2.34. The minimum absolute atomic E-state index is 0.0964. The number of piperazine rings is 1. The summed E-state index contributed by atoms with van der Waals surface area (Å²) in [5.74, 6) is -0.0964. The number of nitrogens with zero attached hydrogens (tertiary/aromatic N) is 3. The van der Waals surface area contributed by atoms with E-state index in [1.54, 1.807) is 6.20 Å². The molecule has 5 rings (SSSR count). The second-order valence-electron chi connectivity index (χ2n) is 8.85. The monoisotopic (exact) mass is 432 g/mol. The van der Waals surface area contributed by atoms with Gasteiger partial charge >= 0.3 is 0 Å². The molecule has 0 radical (unpaired) electrons. The molecule has 4 heterocycles. The van der Waals surface area contributed by atoms with Crippen molar-refractivity contribution in [3.05, 3.63) is 53.9 Å². The summed E-state index contributed by atoms with van der Waals surface area (Å²) in [4.78, 5) is 19.9. The molecule has 3 N–H and O–H groups in total. The highest BCUT2D eigenvalue weighted by Gasteiger charge is 2.32. The number of nitrogens with one attached hydrogen (secondary N) is 3. The second-order valence-corrected chi connectivity index (χ2v) is 8.85. The van der Waals surface area contributed by atoms with Gasteiger partial charge in [-0.15, -0.1) is 0 Å². The molecule has 32 heavy (non-hydrogen) atoms. The minimum Gasteiger partial charge on any atom is -0.387 e. The van der Waals surface area contributed by atoms with Crippen LogP contribution in [0.4, 0.5) is 11.4 Å². The van der Waals surface area contributed by atoms with E-state index in [1.807, 2.05) is 19.3 Å². The Kier molecular flexibility index (Phi) is 5.74. The van der Waals surface area contributed by atoms with Crippen LogP contribution in [0.3, 0.4) is 0 Å². The first-order valence-electron chi connectivity index (χ1n) is 11.7. The van der Waals surface area contributed by atoms with Crippen LogP contribution in [0.1, 0.15) is 35.7 Å². The topological polar surface area (TPSA) is 74.2 Å². The third kappa shape index (κ3) is 3.93.